The molecule has 2 heteroatoms. The quantitative estimate of drug-likeness (QED) is 0.769. The topological polar surface area (TPSA) is 0 Å². The molecular weight excluding hydrogens is 220 g/mol. The lowest BCUT2D eigenvalue weighted by Crippen LogP contribution is -2.07. The smallest absolute Gasteiger partial charge is 0.0226 e. The molecule has 1 aliphatic rings. The molecule has 1 aromatic carbocycles. The zero-order valence-corrected chi connectivity index (χ0v) is 11.0. The summed E-state index contributed by atoms with van der Waals surface area (Å²) in [7, 11) is 0. The minimum atomic E-state index is 0.807. The van der Waals surface area contributed by atoms with Crippen LogP contribution >= 0.6 is 23.5 Å². The second kappa shape index (κ2) is 5.31. The molecule has 2 atom stereocenters. The van der Waals surface area contributed by atoms with Gasteiger partial charge in [-0.2, -0.15) is 11.8 Å². The maximum Gasteiger partial charge on any atom is 0.0226 e. The molecule has 0 aliphatic carbocycles. The Bertz CT molecular complexity index is 297. The second-order valence-electron chi connectivity index (χ2n) is 4.10. The van der Waals surface area contributed by atoms with E-state index in [0.29, 0.717) is 0 Å². The third-order valence-electron chi connectivity index (χ3n) is 2.86. The van der Waals surface area contributed by atoms with Crippen molar-refractivity contribution in [3.05, 3.63) is 29.8 Å². The van der Waals surface area contributed by atoms with Crippen molar-refractivity contribution < 1.29 is 0 Å². The average molecular weight is 238 g/mol. The second-order valence-corrected chi connectivity index (χ2v) is 6.92. The van der Waals surface area contributed by atoms with Crippen LogP contribution in [0.5, 0.6) is 0 Å². The van der Waals surface area contributed by atoms with E-state index in [4.69, 9.17) is 0 Å². The standard InChI is InChI=1S/C13H18S2/c1-3-10(2)14-9-12-8-11-6-4-5-7-13(11)15-12/h4-7,10,12H,3,8-9H2,1-2H3. The molecule has 2 unspecified atom stereocenters. The Morgan fingerprint density at radius 1 is 1.47 bits per heavy atom. The van der Waals surface area contributed by atoms with Gasteiger partial charge in [0.25, 0.3) is 0 Å². The molecule has 0 saturated heterocycles. The number of hydrogen-bond donors (Lipinski definition) is 0. The molecule has 0 radical (unpaired) electrons. The predicted octanol–water partition coefficient (Wildman–Crippen LogP) is 4.24. The normalized spacial score (nSPS) is 21.3. The Hall–Kier alpha value is -0.0800. The SMILES string of the molecule is CCC(C)SCC1Cc2ccccc2S1. The van der Waals surface area contributed by atoms with Crippen molar-refractivity contribution in [3.63, 3.8) is 0 Å². The lowest BCUT2D eigenvalue weighted by atomic mass is 10.1. The van der Waals surface area contributed by atoms with Gasteiger partial charge < -0.3 is 0 Å². The molecule has 0 nitrogen and oxygen atoms in total. The molecule has 2 rings (SSSR count). The van der Waals surface area contributed by atoms with Gasteiger partial charge in [-0.15, -0.1) is 11.8 Å². The van der Waals surface area contributed by atoms with Gasteiger partial charge in [-0.05, 0) is 24.5 Å². The van der Waals surface area contributed by atoms with Crippen molar-refractivity contribution in [2.24, 2.45) is 0 Å². The molecule has 0 amide bonds. The number of hydrogen-bond acceptors (Lipinski definition) is 2. The molecule has 82 valence electrons. The van der Waals surface area contributed by atoms with Crippen molar-refractivity contribution in [1.82, 2.24) is 0 Å². The minimum Gasteiger partial charge on any atom is -0.158 e. The van der Waals surface area contributed by atoms with E-state index in [2.05, 4.69) is 61.6 Å². The Labute approximate surface area is 101 Å². The van der Waals surface area contributed by atoms with Crippen molar-refractivity contribution in [1.29, 1.82) is 0 Å². The van der Waals surface area contributed by atoms with Crippen LogP contribution in [0.2, 0.25) is 0 Å². The Balaban J connectivity index is 1.85. The van der Waals surface area contributed by atoms with E-state index in [1.165, 1.54) is 23.5 Å². The van der Waals surface area contributed by atoms with Crippen LogP contribution in [0.1, 0.15) is 25.8 Å². The molecule has 1 heterocycles. The number of benzene rings is 1. The van der Waals surface area contributed by atoms with Crippen molar-refractivity contribution in [2.45, 2.75) is 42.1 Å². The molecule has 0 fully saturated rings. The highest BCUT2D eigenvalue weighted by Gasteiger charge is 2.21. The zero-order chi connectivity index (χ0) is 10.7. The van der Waals surface area contributed by atoms with E-state index in [-0.39, 0.29) is 0 Å². The summed E-state index contributed by atoms with van der Waals surface area (Å²) in [4.78, 5) is 1.51. The van der Waals surface area contributed by atoms with Gasteiger partial charge in [-0.3, -0.25) is 0 Å². The first-order valence-electron chi connectivity index (χ1n) is 5.65. The van der Waals surface area contributed by atoms with Crippen LogP contribution in [0.4, 0.5) is 0 Å². The van der Waals surface area contributed by atoms with E-state index >= 15 is 0 Å². The fourth-order valence-electron chi connectivity index (χ4n) is 1.74. The Morgan fingerprint density at radius 2 is 2.27 bits per heavy atom. The third kappa shape index (κ3) is 2.94. The molecule has 0 spiro atoms. The Kier molecular flexibility index (Phi) is 4.04. The van der Waals surface area contributed by atoms with Crippen LogP contribution in [-0.2, 0) is 6.42 Å². The molecule has 0 aromatic heterocycles. The summed E-state index contributed by atoms with van der Waals surface area (Å²) in [5.74, 6) is 1.30. The largest absolute Gasteiger partial charge is 0.158 e. The summed E-state index contributed by atoms with van der Waals surface area (Å²) in [5.41, 5.74) is 1.55. The molecule has 0 bridgehead atoms. The highest BCUT2D eigenvalue weighted by Crippen LogP contribution is 2.38. The van der Waals surface area contributed by atoms with Gasteiger partial charge >= 0.3 is 0 Å². The molecule has 15 heavy (non-hydrogen) atoms. The summed E-state index contributed by atoms with van der Waals surface area (Å²) < 4.78 is 0. The summed E-state index contributed by atoms with van der Waals surface area (Å²) in [5, 5.41) is 1.62. The number of thioether (sulfide) groups is 2. The summed E-state index contributed by atoms with van der Waals surface area (Å²) in [6.07, 6.45) is 2.55. The summed E-state index contributed by atoms with van der Waals surface area (Å²) >= 11 is 4.19. The molecule has 1 aromatic rings. The van der Waals surface area contributed by atoms with Crippen LogP contribution < -0.4 is 0 Å². The maximum absolute atomic E-state index is 2.33. The predicted molar refractivity (Wildman–Crippen MR) is 72.0 cm³/mol. The van der Waals surface area contributed by atoms with Gasteiger partial charge in [0, 0.05) is 21.1 Å². The molecule has 0 N–H and O–H groups in total. The van der Waals surface area contributed by atoms with Crippen LogP contribution in [-0.4, -0.2) is 16.3 Å². The van der Waals surface area contributed by atoms with Gasteiger partial charge in [0.05, 0.1) is 0 Å². The van der Waals surface area contributed by atoms with Crippen molar-refractivity contribution >= 4 is 23.5 Å². The first kappa shape index (κ1) is 11.4. The monoisotopic (exact) mass is 238 g/mol. The molecule has 0 saturated carbocycles. The molecular formula is C13H18S2. The van der Waals surface area contributed by atoms with Gasteiger partial charge in [0.1, 0.15) is 0 Å². The first-order valence-corrected chi connectivity index (χ1v) is 7.58. The number of rotatable bonds is 4. The fraction of sp³-hybridized carbons (Fsp3) is 0.538. The lowest BCUT2D eigenvalue weighted by Gasteiger charge is -2.11. The van der Waals surface area contributed by atoms with E-state index in [1.807, 2.05) is 0 Å². The van der Waals surface area contributed by atoms with Gasteiger partial charge in [-0.25, -0.2) is 0 Å². The fourth-order valence-corrected chi connectivity index (χ4v) is 4.22. The van der Waals surface area contributed by atoms with Crippen LogP contribution in [0.25, 0.3) is 0 Å². The van der Waals surface area contributed by atoms with E-state index in [9.17, 15) is 0 Å². The minimum absolute atomic E-state index is 0.807. The summed E-state index contributed by atoms with van der Waals surface area (Å²) in [6.45, 7) is 4.60. The van der Waals surface area contributed by atoms with Crippen LogP contribution in [0.3, 0.4) is 0 Å². The number of fused-ring (bicyclic) bond motifs is 1. The van der Waals surface area contributed by atoms with Crippen molar-refractivity contribution in [2.75, 3.05) is 5.75 Å². The third-order valence-corrected chi connectivity index (χ3v) is 5.88. The van der Waals surface area contributed by atoms with Gasteiger partial charge in [0.2, 0.25) is 0 Å². The van der Waals surface area contributed by atoms with E-state index < -0.39 is 0 Å². The maximum atomic E-state index is 2.33. The lowest BCUT2D eigenvalue weighted by molar-refractivity contribution is 0.896. The molecule has 1 aliphatic heterocycles. The van der Waals surface area contributed by atoms with Crippen LogP contribution in [0.15, 0.2) is 29.2 Å². The van der Waals surface area contributed by atoms with E-state index in [1.54, 1.807) is 5.56 Å². The van der Waals surface area contributed by atoms with Gasteiger partial charge in [-0.1, -0.05) is 32.0 Å². The van der Waals surface area contributed by atoms with Crippen LogP contribution in [0, 0.1) is 0 Å². The average Bonchev–Trinajstić information content (AvgIpc) is 2.68. The highest BCUT2D eigenvalue weighted by atomic mass is 32.2. The first-order chi connectivity index (χ1) is 7.29. The summed E-state index contributed by atoms with van der Waals surface area (Å²) in [6, 6.07) is 8.84. The zero-order valence-electron chi connectivity index (χ0n) is 9.40. The van der Waals surface area contributed by atoms with Gasteiger partial charge in [0.15, 0.2) is 0 Å². The van der Waals surface area contributed by atoms with E-state index in [0.717, 1.165) is 10.5 Å². The van der Waals surface area contributed by atoms with Crippen molar-refractivity contribution in [3.8, 4) is 0 Å². The highest BCUT2D eigenvalue weighted by molar-refractivity contribution is 8.03. The Morgan fingerprint density at radius 3 is 3.00 bits per heavy atom.